The van der Waals surface area contributed by atoms with Crippen molar-refractivity contribution in [3.63, 3.8) is 0 Å². The molecule has 0 bridgehead atoms. The highest BCUT2D eigenvalue weighted by Gasteiger charge is 2.26. The summed E-state index contributed by atoms with van der Waals surface area (Å²) in [6.07, 6.45) is 0.604. The van der Waals surface area contributed by atoms with E-state index in [1.54, 1.807) is 6.07 Å². The summed E-state index contributed by atoms with van der Waals surface area (Å²) in [7, 11) is 0. The maximum Gasteiger partial charge on any atom is 0.223 e. The lowest BCUT2D eigenvalue weighted by molar-refractivity contribution is 0.0339. The van der Waals surface area contributed by atoms with Gasteiger partial charge in [-0.15, -0.1) is 0 Å². The lowest BCUT2D eigenvalue weighted by Gasteiger charge is -2.32. The number of aryl methyl sites for hydroxylation is 1. The van der Waals surface area contributed by atoms with Gasteiger partial charge in [0.25, 0.3) is 0 Å². The van der Waals surface area contributed by atoms with Crippen molar-refractivity contribution in [1.82, 2.24) is 25.1 Å². The van der Waals surface area contributed by atoms with E-state index in [-0.39, 0.29) is 12.1 Å². The Bertz CT molecular complexity index is 612. The minimum Gasteiger partial charge on any atom is -0.368 e. The second-order valence-electron chi connectivity index (χ2n) is 4.71. The van der Waals surface area contributed by atoms with E-state index in [4.69, 9.17) is 22.1 Å². The van der Waals surface area contributed by atoms with Gasteiger partial charge < -0.3 is 15.4 Å². The van der Waals surface area contributed by atoms with E-state index in [1.807, 2.05) is 11.8 Å². The summed E-state index contributed by atoms with van der Waals surface area (Å²) in [6, 6.07) is 1.69. The third-order valence-corrected chi connectivity index (χ3v) is 3.45. The highest BCUT2D eigenvalue weighted by molar-refractivity contribution is 6.29. The first-order valence-electron chi connectivity index (χ1n) is 6.73. The zero-order valence-corrected chi connectivity index (χ0v) is 12.3. The third-order valence-electron chi connectivity index (χ3n) is 3.26. The number of ether oxygens (including phenoxy) is 1. The Morgan fingerprint density at radius 3 is 3.05 bits per heavy atom. The molecule has 3 N–H and O–H groups in total. The van der Waals surface area contributed by atoms with Gasteiger partial charge in [0.15, 0.2) is 5.82 Å². The van der Waals surface area contributed by atoms with Crippen molar-refractivity contribution in [2.75, 3.05) is 30.3 Å². The van der Waals surface area contributed by atoms with Crippen LogP contribution in [0.25, 0.3) is 0 Å². The van der Waals surface area contributed by atoms with Gasteiger partial charge in [-0.05, 0) is 0 Å². The molecule has 1 fully saturated rings. The summed E-state index contributed by atoms with van der Waals surface area (Å²) < 4.78 is 5.74. The van der Waals surface area contributed by atoms with E-state index in [2.05, 4.69) is 25.1 Å². The topological polar surface area (TPSA) is 106 Å². The number of aromatic amines is 1. The number of anilines is 2. The van der Waals surface area contributed by atoms with Crippen molar-refractivity contribution >= 4 is 23.4 Å². The smallest absolute Gasteiger partial charge is 0.223 e. The minimum absolute atomic E-state index is 0.159. The molecule has 21 heavy (non-hydrogen) atoms. The van der Waals surface area contributed by atoms with Crippen LogP contribution >= 0.6 is 11.6 Å². The molecule has 3 heterocycles. The Kier molecular flexibility index (Phi) is 3.89. The van der Waals surface area contributed by atoms with E-state index in [9.17, 15) is 0 Å². The zero-order valence-electron chi connectivity index (χ0n) is 11.6. The Balaban J connectivity index is 1.79. The highest BCUT2D eigenvalue weighted by atomic mass is 35.5. The van der Waals surface area contributed by atoms with Crippen molar-refractivity contribution in [2.24, 2.45) is 0 Å². The maximum atomic E-state index is 5.93. The molecule has 1 saturated heterocycles. The van der Waals surface area contributed by atoms with Gasteiger partial charge in [-0.25, -0.2) is 9.97 Å². The summed E-state index contributed by atoms with van der Waals surface area (Å²) in [5.41, 5.74) is 5.64. The number of nitrogen functional groups attached to an aromatic ring is 1. The minimum atomic E-state index is -0.203. The molecule has 1 aliphatic heterocycles. The van der Waals surface area contributed by atoms with Crippen molar-refractivity contribution in [2.45, 2.75) is 19.4 Å². The van der Waals surface area contributed by atoms with Crippen LogP contribution in [0.2, 0.25) is 5.15 Å². The molecule has 112 valence electrons. The largest absolute Gasteiger partial charge is 0.368 e. The molecular weight excluding hydrogens is 294 g/mol. The van der Waals surface area contributed by atoms with E-state index in [0.29, 0.717) is 36.5 Å². The summed E-state index contributed by atoms with van der Waals surface area (Å²) in [4.78, 5) is 14.5. The van der Waals surface area contributed by atoms with Crippen LogP contribution in [0, 0.1) is 0 Å². The van der Waals surface area contributed by atoms with Crippen LogP contribution < -0.4 is 10.6 Å². The number of halogens is 1. The van der Waals surface area contributed by atoms with Crippen LogP contribution in [0.4, 0.5) is 11.8 Å². The fraction of sp³-hybridized carbons (Fsp3) is 0.500. The normalized spacial score (nSPS) is 19.0. The van der Waals surface area contributed by atoms with Gasteiger partial charge in [0, 0.05) is 19.0 Å². The molecule has 0 amide bonds. The first-order chi connectivity index (χ1) is 10.2. The molecule has 0 saturated carbocycles. The number of nitrogens with zero attached hydrogens (tertiary/aromatic N) is 5. The van der Waals surface area contributed by atoms with Gasteiger partial charge in [0.2, 0.25) is 5.95 Å². The van der Waals surface area contributed by atoms with Gasteiger partial charge in [-0.2, -0.15) is 10.1 Å². The third kappa shape index (κ3) is 3.06. The van der Waals surface area contributed by atoms with Crippen molar-refractivity contribution < 1.29 is 4.74 Å². The average molecular weight is 310 g/mol. The maximum absolute atomic E-state index is 5.93. The molecule has 2 aromatic rings. The van der Waals surface area contributed by atoms with Crippen LogP contribution in [0.1, 0.15) is 24.7 Å². The number of morpholine rings is 1. The van der Waals surface area contributed by atoms with Gasteiger partial charge in [0.1, 0.15) is 22.9 Å². The van der Waals surface area contributed by atoms with Gasteiger partial charge >= 0.3 is 0 Å². The van der Waals surface area contributed by atoms with E-state index in [1.165, 1.54) is 0 Å². The molecule has 1 unspecified atom stereocenters. The molecule has 1 atom stereocenters. The Morgan fingerprint density at radius 2 is 2.33 bits per heavy atom. The first kappa shape index (κ1) is 14.0. The van der Waals surface area contributed by atoms with E-state index in [0.717, 1.165) is 12.2 Å². The average Bonchev–Trinajstić information content (AvgIpc) is 2.95. The van der Waals surface area contributed by atoms with Crippen LogP contribution in [0.15, 0.2) is 6.07 Å². The molecule has 0 aliphatic carbocycles. The summed E-state index contributed by atoms with van der Waals surface area (Å²) >= 11 is 5.93. The lowest BCUT2D eigenvalue weighted by atomic mass is 10.2. The molecule has 9 heteroatoms. The van der Waals surface area contributed by atoms with Crippen LogP contribution in [0.5, 0.6) is 0 Å². The monoisotopic (exact) mass is 309 g/mol. The van der Waals surface area contributed by atoms with Crippen molar-refractivity contribution in [3.05, 3.63) is 22.9 Å². The summed E-state index contributed by atoms with van der Waals surface area (Å²) in [6.45, 7) is 3.87. The van der Waals surface area contributed by atoms with E-state index < -0.39 is 0 Å². The Morgan fingerprint density at radius 1 is 1.48 bits per heavy atom. The van der Waals surface area contributed by atoms with Gasteiger partial charge in [-0.3, -0.25) is 5.10 Å². The number of nitrogens with two attached hydrogens (primary N) is 1. The second kappa shape index (κ2) is 5.82. The quantitative estimate of drug-likeness (QED) is 0.814. The Hall–Kier alpha value is -1.93. The molecule has 0 spiro atoms. The number of hydrogen-bond acceptors (Lipinski definition) is 7. The summed E-state index contributed by atoms with van der Waals surface area (Å²) in [5, 5.41) is 7.43. The Labute approximate surface area is 126 Å². The zero-order chi connectivity index (χ0) is 14.8. The molecular formula is C12H16ClN7O. The molecule has 3 rings (SSSR count). The second-order valence-corrected chi connectivity index (χ2v) is 5.09. The number of aromatic nitrogens is 5. The van der Waals surface area contributed by atoms with Gasteiger partial charge in [0.05, 0.1) is 13.2 Å². The predicted octanol–water partition coefficient (Wildman–Crippen LogP) is 0.971. The van der Waals surface area contributed by atoms with Crippen molar-refractivity contribution in [1.29, 1.82) is 0 Å². The number of rotatable bonds is 3. The SMILES string of the molecule is CCc1nc(C2CN(c3cc(Cl)nc(N)n3)CCO2)n[nH]1. The molecule has 1 aliphatic rings. The standard InChI is InChI=1S/C12H16ClN7O/c1-2-9-16-11(19-18-9)7-6-20(3-4-21-7)10-5-8(13)15-12(14)17-10/h5,7H,2-4,6H2,1H3,(H2,14,15,17)(H,16,18,19). The summed E-state index contributed by atoms with van der Waals surface area (Å²) in [5.74, 6) is 2.35. The van der Waals surface area contributed by atoms with Crippen LogP contribution in [-0.2, 0) is 11.2 Å². The predicted molar refractivity (Wildman–Crippen MR) is 78.1 cm³/mol. The molecule has 2 aromatic heterocycles. The highest BCUT2D eigenvalue weighted by Crippen LogP contribution is 2.24. The molecule has 8 nitrogen and oxygen atoms in total. The lowest BCUT2D eigenvalue weighted by Crippen LogP contribution is -2.39. The van der Waals surface area contributed by atoms with Crippen LogP contribution in [0.3, 0.4) is 0 Å². The van der Waals surface area contributed by atoms with Crippen molar-refractivity contribution in [3.8, 4) is 0 Å². The van der Waals surface area contributed by atoms with Gasteiger partial charge in [-0.1, -0.05) is 18.5 Å². The number of nitrogens with one attached hydrogen (secondary N) is 1. The fourth-order valence-electron chi connectivity index (χ4n) is 2.21. The molecule has 0 aromatic carbocycles. The molecule has 0 radical (unpaired) electrons. The number of H-pyrrole nitrogens is 1. The van der Waals surface area contributed by atoms with Crippen LogP contribution in [-0.4, -0.2) is 44.8 Å². The van der Waals surface area contributed by atoms with E-state index >= 15 is 0 Å². The number of hydrogen-bond donors (Lipinski definition) is 2. The first-order valence-corrected chi connectivity index (χ1v) is 7.11. The fourth-order valence-corrected chi connectivity index (χ4v) is 2.39.